The SMILES string of the molecule is O=Nc1nc2c(ncn2C2OC(CO)C(O)C2O)c(=O)[nH]1. The summed E-state index contributed by atoms with van der Waals surface area (Å²) in [5, 5.41) is 31.3. The van der Waals surface area contributed by atoms with Crippen molar-refractivity contribution in [3.8, 4) is 0 Å². The monoisotopic (exact) mass is 297 g/mol. The van der Waals surface area contributed by atoms with Gasteiger partial charge in [0, 0.05) is 5.18 Å². The van der Waals surface area contributed by atoms with Crippen LogP contribution < -0.4 is 5.56 Å². The van der Waals surface area contributed by atoms with Crippen molar-refractivity contribution in [1.29, 1.82) is 0 Å². The molecule has 1 saturated heterocycles. The van der Waals surface area contributed by atoms with E-state index in [0.29, 0.717) is 0 Å². The van der Waals surface area contributed by atoms with Crippen LogP contribution in [0.15, 0.2) is 16.3 Å². The molecule has 1 fully saturated rings. The molecule has 0 aromatic carbocycles. The molecule has 4 unspecified atom stereocenters. The fourth-order valence-electron chi connectivity index (χ4n) is 2.25. The smallest absolute Gasteiger partial charge is 0.280 e. The molecular formula is C10H11N5O6. The molecule has 0 aliphatic carbocycles. The van der Waals surface area contributed by atoms with Gasteiger partial charge in [-0.25, -0.2) is 4.98 Å². The van der Waals surface area contributed by atoms with Crippen molar-refractivity contribution in [3.05, 3.63) is 21.6 Å². The zero-order valence-corrected chi connectivity index (χ0v) is 10.4. The summed E-state index contributed by atoms with van der Waals surface area (Å²) < 4.78 is 6.51. The molecule has 4 N–H and O–H groups in total. The minimum atomic E-state index is -1.35. The van der Waals surface area contributed by atoms with Crippen LogP contribution in [-0.2, 0) is 4.74 Å². The molecule has 2 aromatic rings. The number of nitrogens with one attached hydrogen (secondary N) is 1. The molecule has 112 valence electrons. The average molecular weight is 297 g/mol. The van der Waals surface area contributed by atoms with Crippen LogP contribution in [0, 0.1) is 4.91 Å². The molecule has 0 bridgehead atoms. The number of rotatable bonds is 3. The maximum atomic E-state index is 11.7. The van der Waals surface area contributed by atoms with Gasteiger partial charge in [0.25, 0.3) is 11.5 Å². The molecule has 0 amide bonds. The Balaban J connectivity index is 2.11. The fourth-order valence-corrected chi connectivity index (χ4v) is 2.25. The van der Waals surface area contributed by atoms with Crippen molar-refractivity contribution in [2.24, 2.45) is 5.18 Å². The third kappa shape index (κ3) is 2.03. The van der Waals surface area contributed by atoms with Crippen LogP contribution in [-0.4, -0.2) is 59.8 Å². The molecule has 21 heavy (non-hydrogen) atoms. The molecule has 2 aromatic heterocycles. The lowest BCUT2D eigenvalue weighted by Crippen LogP contribution is -2.33. The Morgan fingerprint density at radius 2 is 2.19 bits per heavy atom. The van der Waals surface area contributed by atoms with Crippen LogP contribution in [0.25, 0.3) is 11.2 Å². The molecular weight excluding hydrogens is 286 g/mol. The number of fused-ring (bicyclic) bond motifs is 1. The van der Waals surface area contributed by atoms with Crippen LogP contribution in [0.5, 0.6) is 0 Å². The highest BCUT2D eigenvalue weighted by atomic mass is 16.6. The zero-order chi connectivity index (χ0) is 15.1. The first kappa shape index (κ1) is 13.8. The van der Waals surface area contributed by atoms with Gasteiger partial charge in [-0.05, 0) is 0 Å². The normalized spacial score (nSPS) is 29.1. The highest BCUT2D eigenvalue weighted by Gasteiger charge is 2.44. The summed E-state index contributed by atoms with van der Waals surface area (Å²) in [6.07, 6.45) is -3.55. The Hall–Kier alpha value is -2.21. The van der Waals surface area contributed by atoms with Gasteiger partial charge < -0.3 is 20.1 Å². The number of aliphatic hydroxyl groups excluding tert-OH is 3. The molecule has 11 heteroatoms. The summed E-state index contributed by atoms with van der Waals surface area (Å²) in [4.78, 5) is 32.0. The second-order valence-corrected chi connectivity index (χ2v) is 4.53. The number of imidazole rings is 1. The molecule has 0 radical (unpaired) electrons. The summed E-state index contributed by atoms with van der Waals surface area (Å²) in [6, 6.07) is 0. The largest absolute Gasteiger partial charge is 0.394 e. The van der Waals surface area contributed by atoms with Gasteiger partial charge in [0.1, 0.15) is 18.3 Å². The Bertz CT molecular complexity index is 741. The van der Waals surface area contributed by atoms with E-state index in [4.69, 9.17) is 9.84 Å². The predicted molar refractivity (Wildman–Crippen MR) is 66.6 cm³/mol. The lowest BCUT2D eigenvalue weighted by atomic mass is 10.1. The van der Waals surface area contributed by atoms with Crippen LogP contribution in [0.3, 0.4) is 0 Å². The first-order valence-corrected chi connectivity index (χ1v) is 5.99. The van der Waals surface area contributed by atoms with Crippen LogP contribution >= 0.6 is 0 Å². The van der Waals surface area contributed by atoms with Gasteiger partial charge in [0.15, 0.2) is 17.4 Å². The number of nitrogens with zero attached hydrogens (tertiary/aromatic N) is 4. The summed E-state index contributed by atoms with van der Waals surface area (Å²) >= 11 is 0. The van der Waals surface area contributed by atoms with E-state index in [0.717, 1.165) is 0 Å². The maximum Gasteiger partial charge on any atom is 0.280 e. The molecule has 3 heterocycles. The highest BCUT2D eigenvalue weighted by molar-refractivity contribution is 5.70. The topological polar surface area (TPSA) is 163 Å². The van der Waals surface area contributed by atoms with Gasteiger partial charge in [-0.1, -0.05) is 0 Å². The van der Waals surface area contributed by atoms with Crippen molar-refractivity contribution >= 4 is 17.1 Å². The second-order valence-electron chi connectivity index (χ2n) is 4.53. The molecule has 1 aliphatic rings. The second kappa shape index (κ2) is 4.96. The molecule has 1 aliphatic heterocycles. The quantitative estimate of drug-likeness (QED) is 0.478. The minimum absolute atomic E-state index is 0.0248. The van der Waals surface area contributed by atoms with Crippen molar-refractivity contribution < 1.29 is 20.1 Å². The molecule has 11 nitrogen and oxygen atoms in total. The van der Waals surface area contributed by atoms with Gasteiger partial charge in [-0.3, -0.25) is 14.3 Å². The van der Waals surface area contributed by atoms with Gasteiger partial charge in [0.05, 0.1) is 12.9 Å². The van der Waals surface area contributed by atoms with Crippen molar-refractivity contribution in [3.63, 3.8) is 0 Å². The highest BCUT2D eigenvalue weighted by Crippen LogP contribution is 2.30. The summed E-state index contributed by atoms with van der Waals surface area (Å²) in [5.74, 6) is -0.444. The lowest BCUT2D eigenvalue weighted by Gasteiger charge is -2.16. The van der Waals surface area contributed by atoms with Gasteiger partial charge in [-0.2, -0.15) is 4.98 Å². The number of hydrogen-bond donors (Lipinski definition) is 4. The predicted octanol–water partition coefficient (Wildman–Crippen LogP) is -1.87. The Morgan fingerprint density at radius 1 is 1.43 bits per heavy atom. The van der Waals surface area contributed by atoms with E-state index < -0.39 is 42.7 Å². The molecule has 3 rings (SSSR count). The Kier molecular flexibility index (Phi) is 3.25. The number of aromatic amines is 1. The number of nitroso groups, excluding NO2 is 1. The molecule has 0 saturated carbocycles. The number of aromatic nitrogens is 4. The summed E-state index contributed by atoms with van der Waals surface area (Å²) in [7, 11) is 0. The van der Waals surface area contributed by atoms with Crippen molar-refractivity contribution in [2.45, 2.75) is 24.5 Å². The van der Waals surface area contributed by atoms with Crippen molar-refractivity contribution in [2.75, 3.05) is 6.61 Å². The number of ether oxygens (including phenoxy) is 1. The third-order valence-electron chi connectivity index (χ3n) is 3.30. The average Bonchev–Trinajstić information content (AvgIpc) is 3.02. The maximum absolute atomic E-state index is 11.7. The van der Waals surface area contributed by atoms with Gasteiger partial charge >= 0.3 is 0 Å². The summed E-state index contributed by atoms with van der Waals surface area (Å²) in [6.45, 7) is -0.490. The first-order valence-electron chi connectivity index (χ1n) is 5.99. The van der Waals surface area contributed by atoms with Gasteiger partial charge in [0.2, 0.25) is 0 Å². The van der Waals surface area contributed by atoms with E-state index in [2.05, 4.69) is 20.1 Å². The number of aliphatic hydroxyl groups is 3. The fraction of sp³-hybridized carbons (Fsp3) is 0.500. The van der Waals surface area contributed by atoms with E-state index in [1.54, 1.807) is 0 Å². The Labute approximate surface area is 115 Å². The third-order valence-corrected chi connectivity index (χ3v) is 3.30. The number of hydrogen-bond acceptors (Lipinski definition) is 9. The number of H-pyrrole nitrogens is 1. The van der Waals surface area contributed by atoms with Crippen LogP contribution in [0.1, 0.15) is 6.23 Å². The van der Waals surface area contributed by atoms with E-state index in [9.17, 15) is 19.9 Å². The van der Waals surface area contributed by atoms with Gasteiger partial charge in [-0.15, -0.1) is 4.91 Å². The Morgan fingerprint density at radius 3 is 2.81 bits per heavy atom. The first-order chi connectivity index (χ1) is 10.1. The standard InChI is InChI=1S/C10H11N5O6/c16-1-3-5(17)6(18)9(21-3)15-2-11-4-7(15)12-10(14-20)13-8(4)19/h2-3,5-6,9,16-18H,1H2,(H,12,13,19). The lowest BCUT2D eigenvalue weighted by molar-refractivity contribution is -0.0511. The van der Waals surface area contributed by atoms with E-state index in [-0.39, 0.29) is 11.2 Å². The van der Waals surface area contributed by atoms with E-state index >= 15 is 0 Å². The summed E-state index contributed by atoms with van der Waals surface area (Å²) in [5.41, 5.74) is -0.761. The van der Waals surface area contributed by atoms with Crippen molar-refractivity contribution in [1.82, 2.24) is 19.5 Å². The van der Waals surface area contributed by atoms with E-state index in [1.165, 1.54) is 10.9 Å². The van der Waals surface area contributed by atoms with Crippen LogP contribution in [0.2, 0.25) is 0 Å². The van der Waals surface area contributed by atoms with Crippen LogP contribution in [0.4, 0.5) is 5.95 Å². The van der Waals surface area contributed by atoms with E-state index in [1.807, 2.05) is 0 Å². The molecule has 4 atom stereocenters. The zero-order valence-electron chi connectivity index (χ0n) is 10.4. The minimum Gasteiger partial charge on any atom is -0.394 e. The molecule has 0 spiro atoms.